The van der Waals surface area contributed by atoms with Crippen LogP contribution in [-0.2, 0) is 9.53 Å². The monoisotopic (exact) mass is 353 g/mol. The van der Waals surface area contributed by atoms with Gasteiger partial charge in [0.1, 0.15) is 5.76 Å². The SMILES string of the molecule is C=C(/C(=C\C=C/C)OC)[C@@H]1C2=C(CC(C)(C)CC2=O)Nc2n[nH]c(C)c21. The predicted octanol–water partition coefficient (Wildman–Crippen LogP) is 4.53. The molecular formula is C21H27N3O2. The molecule has 0 aromatic carbocycles. The molecule has 138 valence electrons. The zero-order chi connectivity index (χ0) is 19.1. The number of Topliss-reactive ketones (excluding diaryl/α,β-unsaturated/α-hetero) is 1. The Morgan fingerprint density at radius 2 is 2.12 bits per heavy atom. The number of hydrogen-bond acceptors (Lipinski definition) is 4. The van der Waals surface area contributed by atoms with Gasteiger partial charge in [0.25, 0.3) is 0 Å². The van der Waals surface area contributed by atoms with Crippen LogP contribution in [0.5, 0.6) is 0 Å². The van der Waals surface area contributed by atoms with E-state index in [-0.39, 0.29) is 17.1 Å². The van der Waals surface area contributed by atoms with E-state index in [4.69, 9.17) is 4.74 Å². The first kappa shape index (κ1) is 18.2. The number of aromatic amines is 1. The molecule has 1 aliphatic carbocycles. The van der Waals surface area contributed by atoms with Crippen LogP contribution in [0.15, 0.2) is 47.4 Å². The van der Waals surface area contributed by atoms with Crippen LogP contribution in [0.4, 0.5) is 5.82 Å². The van der Waals surface area contributed by atoms with Gasteiger partial charge in [-0.2, -0.15) is 5.10 Å². The van der Waals surface area contributed by atoms with Crippen molar-refractivity contribution in [2.75, 3.05) is 12.4 Å². The summed E-state index contributed by atoms with van der Waals surface area (Å²) in [6.45, 7) is 12.5. The van der Waals surface area contributed by atoms with E-state index in [1.807, 2.05) is 32.1 Å². The largest absolute Gasteiger partial charge is 0.496 e. The molecule has 0 bridgehead atoms. The van der Waals surface area contributed by atoms with E-state index >= 15 is 0 Å². The van der Waals surface area contributed by atoms with Gasteiger partial charge in [0.15, 0.2) is 11.6 Å². The molecule has 1 aromatic rings. The lowest BCUT2D eigenvalue weighted by Gasteiger charge is -2.38. The summed E-state index contributed by atoms with van der Waals surface area (Å²) in [5, 5.41) is 10.8. The number of ketones is 1. The van der Waals surface area contributed by atoms with Crippen molar-refractivity contribution in [2.24, 2.45) is 5.41 Å². The van der Waals surface area contributed by atoms with Crippen LogP contribution in [0.1, 0.15) is 50.8 Å². The molecule has 26 heavy (non-hydrogen) atoms. The van der Waals surface area contributed by atoms with Crippen LogP contribution >= 0.6 is 0 Å². The third kappa shape index (κ3) is 3.02. The van der Waals surface area contributed by atoms with Crippen molar-refractivity contribution < 1.29 is 9.53 Å². The predicted molar refractivity (Wildman–Crippen MR) is 104 cm³/mol. The number of aromatic nitrogens is 2. The average molecular weight is 353 g/mol. The second kappa shape index (κ2) is 6.63. The highest BCUT2D eigenvalue weighted by Gasteiger charge is 2.43. The molecule has 0 radical (unpaired) electrons. The highest BCUT2D eigenvalue weighted by molar-refractivity contribution is 6.01. The standard InChI is InChI=1S/C21H27N3O2/c1-7-8-9-16(26-6)12(2)17-18-13(3)23-24-20(18)22-14-10-21(4,5)11-15(25)19(14)17/h7-9,17H,2,10-11H2,1,3-6H3,(H2,22,23,24)/b8-7-,16-9+/t17-/m0/s1. The van der Waals surface area contributed by atoms with Gasteiger partial charge in [-0.15, -0.1) is 0 Å². The van der Waals surface area contributed by atoms with E-state index in [1.54, 1.807) is 7.11 Å². The number of ether oxygens (including phenoxy) is 1. The van der Waals surface area contributed by atoms with Gasteiger partial charge in [-0.1, -0.05) is 32.6 Å². The maximum absolute atomic E-state index is 13.1. The zero-order valence-corrected chi connectivity index (χ0v) is 16.2. The maximum atomic E-state index is 13.1. The smallest absolute Gasteiger partial charge is 0.162 e. The number of aryl methyl sites for hydroxylation is 1. The van der Waals surface area contributed by atoms with E-state index in [9.17, 15) is 4.79 Å². The van der Waals surface area contributed by atoms with Gasteiger partial charge in [0.2, 0.25) is 0 Å². The molecule has 2 heterocycles. The van der Waals surface area contributed by atoms with Gasteiger partial charge >= 0.3 is 0 Å². The number of nitrogens with one attached hydrogen (secondary N) is 2. The molecular weight excluding hydrogens is 326 g/mol. The number of carbonyl (C=O) groups is 1. The fraction of sp³-hybridized carbons (Fsp3) is 0.429. The van der Waals surface area contributed by atoms with Gasteiger partial charge in [0.05, 0.1) is 7.11 Å². The Kier molecular flexibility index (Phi) is 4.65. The summed E-state index contributed by atoms with van der Waals surface area (Å²) < 4.78 is 5.58. The van der Waals surface area contributed by atoms with Crippen molar-refractivity contribution in [3.05, 3.63) is 58.7 Å². The molecule has 3 rings (SSSR count). The van der Waals surface area contributed by atoms with E-state index in [0.717, 1.165) is 40.3 Å². The lowest BCUT2D eigenvalue weighted by atomic mass is 9.69. The maximum Gasteiger partial charge on any atom is 0.162 e. The first-order valence-electron chi connectivity index (χ1n) is 8.93. The molecule has 0 unspecified atom stereocenters. The first-order chi connectivity index (χ1) is 12.3. The Morgan fingerprint density at radius 3 is 2.77 bits per heavy atom. The molecule has 0 amide bonds. The molecule has 0 fully saturated rings. The highest BCUT2D eigenvalue weighted by Crippen LogP contribution is 2.50. The molecule has 0 saturated heterocycles. The van der Waals surface area contributed by atoms with Crippen molar-refractivity contribution in [3.8, 4) is 0 Å². The number of nitrogens with zero attached hydrogens (tertiary/aromatic N) is 1. The summed E-state index contributed by atoms with van der Waals surface area (Å²) in [7, 11) is 1.63. The van der Waals surface area contributed by atoms with Crippen LogP contribution < -0.4 is 5.32 Å². The lowest BCUT2D eigenvalue weighted by Crippen LogP contribution is -2.34. The van der Waals surface area contributed by atoms with Crippen molar-refractivity contribution in [3.63, 3.8) is 0 Å². The Morgan fingerprint density at radius 1 is 1.38 bits per heavy atom. The van der Waals surface area contributed by atoms with Gasteiger partial charge in [-0.3, -0.25) is 9.89 Å². The van der Waals surface area contributed by atoms with Crippen molar-refractivity contribution in [2.45, 2.75) is 46.5 Å². The van der Waals surface area contributed by atoms with Crippen LogP contribution in [0.2, 0.25) is 0 Å². The highest BCUT2D eigenvalue weighted by atomic mass is 16.5. The molecule has 0 spiro atoms. The van der Waals surface area contributed by atoms with Crippen molar-refractivity contribution in [1.29, 1.82) is 0 Å². The number of carbonyl (C=O) groups excluding carboxylic acids is 1. The van der Waals surface area contributed by atoms with Crippen molar-refractivity contribution in [1.82, 2.24) is 10.2 Å². The summed E-state index contributed by atoms with van der Waals surface area (Å²) in [6, 6.07) is 0. The Labute approximate surface area is 154 Å². The lowest BCUT2D eigenvalue weighted by molar-refractivity contribution is -0.118. The minimum absolute atomic E-state index is 0.0669. The normalized spacial score (nSPS) is 22.1. The number of anilines is 1. The molecule has 1 aliphatic heterocycles. The zero-order valence-electron chi connectivity index (χ0n) is 16.2. The fourth-order valence-electron chi connectivity index (χ4n) is 3.94. The molecule has 5 heteroatoms. The molecule has 2 N–H and O–H groups in total. The first-order valence-corrected chi connectivity index (χ1v) is 8.93. The fourth-order valence-corrected chi connectivity index (χ4v) is 3.94. The third-order valence-corrected chi connectivity index (χ3v) is 5.09. The number of H-pyrrole nitrogens is 1. The van der Waals surface area contributed by atoms with Crippen LogP contribution in [0, 0.1) is 12.3 Å². The number of rotatable bonds is 4. The number of methoxy groups -OCH3 is 1. The Bertz CT molecular complexity index is 853. The summed E-state index contributed by atoms with van der Waals surface area (Å²) in [5.74, 6) is 1.37. The second-order valence-electron chi connectivity index (χ2n) is 7.79. The number of allylic oxidation sites excluding steroid dienone is 6. The molecule has 1 atom stereocenters. The van der Waals surface area contributed by atoms with Crippen molar-refractivity contribution >= 4 is 11.6 Å². The van der Waals surface area contributed by atoms with Crippen LogP contribution in [0.3, 0.4) is 0 Å². The quantitative estimate of drug-likeness (QED) is 0.616. The Hall–Kier alpha value is -2.56. The molecule has 1 aromatic heterocycles. The van der Waals surface area contributed by atoms with Crippen LogP contribution in [0.25, 0.3) is 0 Å². The second-order valence-corrected chi connectivity index (χ2v) is 7.79. The van der Waals surface area contributed by atoms with Gasteiger partial charge < -0.3 is 10.1 Å². The number of hydrogen-bond donors (Lipinski definition) is 2. The average Bonchev–Trinajstić information content (AvgIpc) is 2.93. The van der Waals surface area contributed by atoms with E-state index in [1.165, 1.54) is 0 Å². The van der Waals surface area contributed by atoms with Gasteiger partial charge in [-0.25, -0.2) is 0 Å². The number of fused-ring (bicyclic) bond motifs is 1. The third-order valence-electron chi connectivity index (χ3n) is 5.09. The molecule has 5 nitrogen and oxygen atoms in total. The molecule has 2 aliphatic rings. The minimum Gasteiger partial charge on any atom is -0.496 e. The summed E-state index contributed by atoms with van der Waals surface area (Å²) in [4.78, 5) is 13.1. The summed E-state index contributed by atoms with van der Waals surface area (Å²) in [5.41, 5.74) is 4.38. The topological polar surface area (TPSA) is 67.0 Å². The van der Waals surface area contributed by atoms with Gasteiger partial charge in [-0.05, 0) is 37.3 Å². The summed E-state index contributed by atoms with van der Waals surface area (Å²) >= 11 is 0. The molecule has 0 saturated carbocycles. The van der Waals surface area contributed by atoms with E-state index in [0.29, 0.717) is 12.2 Å². The minimum atomic E-state index is -0.250. The van der Waals surface area contributed by atoms with E-state index < -0.39 is 0 Å². The van der Waals surface area contributed by atoms with Gasteiger partial charge in [0, 0.05) is 34.9 Å². The Balaban J connectivity index is 2.16. The van der Waals surface area contributed by atoms with Crippen LogP contribution in [-0.4, -0.2) is 23.1 Å². The summed E-state index contributed by atoms with van der Waals surface area (Å²) in [6.07, 6.45) is 7.07. The van der Waals surface area contributed by atoms with E-state index in [2.05, 4.69) is 35.9 Å².